The van der Waals surface area contributed by atoms with Crippen LogP contribution in [0.15, 0.2) is 63.8 Å². The molecule has 0 N–H and O–H groups in total. The van der Waals surface area contributed by atoms with Crippen LogP contribution in [-0.4, -0.2) is 34.5 Å². The molecule has 7 heteroatoms. The molecule has 0 saturated heterocycles. The number of carbonyl (C=O) groups is 2. The largest absolute Gasteiger partial charge is 0.452 e. The summed E-state index contributed by atoms with van der Waals surface area (Å²) in [7, 11) is 1.66. The molecule has 1 atom stereocenters. The Labute approximate surface area is 162 Å². The van der Waals surface area contributed by atoms with E-state index >= 15 is 0 Å². The molecular formula is C21H22N2O5. The van der Waals surface area contributed by atoms with Crippen molar-refractivity contribution < 1.29 is 18.7 Å². The van der Waals surface area contributed by atoms with Crippen molar-refractivity contribution in [2.24, 2.45) is 0 Å². The van der Waals surface area contributed by atoms with Gasteiger partial charge >= 0.3 is 11.7 Å². The van der Waals surface area contributed by atoms with E-state index in [0.29, 0.717) is 17.6 Å². The Morgan fingerprint density at radius 2 is 1.79 bits per heavy atom. The molecule has 3 rings (SSSR count). The Balaban J connectivity index is 1.54. The molecule has 28 heavy (non-hydrogen) atoms. The van der Waals surface area contributed by atoms with E-state index in [1.807, 2.05) is 30.3 Å². The molecule has 1 aromatic heterocycles. The zero-order valence-corrected chi connectivity index (χ0v) is 15.8. The van der Waals surface area contributed by atoms with Crippen LogP contribution < -0.4 is 5.76 Å². The molecule has 0 saturated carbocycles. The molecule has 146 valence electrons. The van der Waals surface area contributed by atoms with Crippen LogP contribution >= 0.6 is 0 Å². The van der Waals surface area contributed by atoms with Gasteiger partial charge in [-0.2, -0.15) is 0 Å². The predicted octanol–water partition coefficient (Wildman–Crippen LogP) is 2.57. The maximum atomic E-state index is 12.4. The van der Waals surface area contributed by atoms with E-state index < -0.39 is 17.8 Å². The number of hydrogen-bond acceptors (Lipinski definition) is 5. The van der Waals surface area contributed by atoms with Crippen LogP contribution in [-0.2, 0) is 27.4 Å². The summed E-state index contributed by atoms with van der Waals surface area (Å²) in [6.45, 7) is 2.09. The minimum Gasteiger partial charge on any atom is -0.452 e. The minimum absolute atomic E-state index is 0.0382. The fourth-order valence-corrected chi connectivity index (χ4v) is 2.98. The number of aryl methyl sites for hydroxylation is 1. The molecule has 0 fully saturated rings. The van der Waals surface area contributed by atoms with Crippen molar-refractivity contribution in [2.75, 3.05) is 7.05 Å². The summed E-state index contributed by atoms with van der Waals surface area (Å²) in [6.07, 6.45) is -0.942. The van der Waals surface area contributed by atoms with Gasteiger partial charge in [0.05, 0.1) is 11.9 Å². The molecular weight excluding hydrogens is 360 g/mol. The molecule has 3 aromatic rings. The van der Waals surface area contributed by atoms with Gasteiger partial charge in [-0.15, -0.1) is 0 Å². The molecule has 1 amide bonds. The van der Waals surface area contributed by atoms with Crippen molar-refractivity contribution in [1.82, 2.24) is 9.47 Å². The smallest absolute Gasteiger partial charge is 0.419 e. The van der Waals surface area contributed by atoms with Crippen LogP contribution in [0.4, 0.5) is 0 Å². The summed E-state index contributed by atoms with van der Waals surface area (Å²) >= 11 is 0. The average molecular weight is 382 g/mol. The van der Waals surface area contributed by atoms with Crippen LogP contribution in [0.3, 0.4) is 0 Å². The van der Waals surface area contributed by atoms with Crippen molar-refractivity contribution in [1.29, 1.82) is 0 Å². The zero-order valence-electron chi connectivity index (χ0n) is 15.8. The van der Waals surface area contributed by atoms with Crippen LogP contribution in [0.2, 0.25) is 0 Å². The van der Waals surface area contributed by atoms with Crippen molar-refractivity contribution in [2.45, 2.75) is 32.5 Å². The van der Waals surface area contributed by atoms with Gasteiger partial charge in [0.15, 0.2) is 11.7 Å². The van der Waals surface area contributed by atoms with Gasteiger partial charge in [-0.3, -0.25) is 14.2 Å². The number of benzene rings is 2. The molecule has 7 nitrogen and oxygen atoms in total. The number of hydrogen-bond donors (Lipinski definition) is 0. The van der Waals surface area contributed by atoms with E-state index in [2.05, 4.69) is 0 Å². The fraction of sp³-hybridized carbons (Fsp3) is 0.286. The van der Waals surface area contributed by atoms with Crippen molar-refractivity contribution in [3.8, 4) is 0 Å². The highest BCUT2D eigenvalue weighted by molar-refractivity contribution is 5.83. The number of amides is 1. The second-order valence-corrected chi connectivity index (χ2v) is 6.55. The first-order chi connectivity index (χ1) is 13.5. The lowest BCUT2D eigenvalue weighted by Gasteiger charge is -2.21. The van der Waals surface area contributed by atoms with Crippen LogP contribution in [0.1, 0.15) is 18.9 Å². The highest BCUT2D eigenvalue weighted by atomic mass is 16.5. The number of nitrogens with zero attached hydrogens (tertiary/aromatic N) is 2. The van der Waals surface area contributed by atoms with Gasteiger partial charge in [0.25, 0.3) is 5.91 Å². The van der Waals surface area contributed by atoms with Crippen LogP contribution in [0.5, 0.6) is 0 Å². The molecule has 1 heterocycles. The number of carbonyl (C=O) groups excluding carboxylic acids is 2. The Morgan fingerprint density at radius 3 is 2.54 bits per heavy atom. The SMILES string of the molecule is C[C@@H](OC(=O)CCn1c(=O)oc2ccccc21)C(=O)N(C)Cc1ccccc1. The van der Waals surface area contributed by atoms with E-state index in [1.54, 1.807) is 38.2 Å². The summed E-state index contributed by atoms with van der Waals surface area (Å²) in [6, 6.07) is 16.5. The van der Waals surface area contributed by atoms with Gasteiger partial charge in [0.2, 0.25) is 0 Å². The van der Waals surface area contributed by atoms with Crippen molar-refractivity contribution in [3.05, 3.63) is 70.7 Å². The molecule has 2 aromatic carbocycles. The zero-order chi connectivity index (χ0) is 20.1. The molecule has 0 spiro atoms. The van der Waals surface area contributed by atoms with E-state index in [0.717, 1.165) is 5.56 Å². The third-order valence-electron chi connectivity index (χ3n) is 4.41. The lowest BCUT2D eigenvalue weighted by molar-refractivity contribution is -0.158. The van der Waals surface area contributed by atoms with Gasteiger partial charge in [0, 0.05) is 20.1 Å². The quantitative estimate of drug-likeness (QED) is 0.587. The first-order valence-corrected chi connectivity index (χ1v) is 9.02. The Hall–Kier alpha value is -3.35. The third-order valence-corrected chi connectivity index (χ3v) is 4.41. The summed E-state index contributed by atoms with van der Waals surface area (Å²) in [4.78, 5) is 38.0. The van der Waals surface area contributed by atoms with Gasteiger partial charge in [-0.25, -0.2) is 4.79 Å². The molecule has 0 bridgehead atoms. The average Bonchev–Trinajstić information content (AvgIpc) is 3.01. The van der Waals surface area contributed by atoms with E-state index in [9.17, 15) is 14.4 Å². The first-order valence-electron chi connectivity index (χ1n) is 9.02. The first kappa shape index (κ1) is 19.4. The topological polar surface area (TPSA) is 81.7 Å². The van der Waals surface area contributed by atoms with Crippen LogP contribution in [0, 0.1) is 0 Å². The maximum absolute atomic E-state index is 12.4. The number of aromatic nitrogens is 1. The highest BCUT2D eigenvalue weighted by Crippen LogP contribution is 2.12. The third kappa shape index (κ3) is 4.49. The molecule has 0 radical (unpaired) electrons. The summed E-state index contributed by atoms with van der Waals surface area (Å²) in [5, 5.41) is 0. The van der Waals surface area contributed by atoms with Gasteiger partial charge in [-0.05, 0) is 24.6 Å². The number of fused-ring (bicyclic) bond motifs is 1. The number of rotatable bonds is 7. The Morgan fingerprint density at radius 1 is 1.11 bits per heavy atom. The molecule has 0 aliphatic heterocycles. The molecule has 0 unspecified atom stereocenters. The lowest BCUT2D eigenvalue weighted by Crippen LogP contribution is -2.37. The summed E-state index contributed by atoms with van der Waals surface area (Å²) in [5.41, 5.74) is 2.07. The Kier molecular flexibility index (Phi) is 5.93. The highest BCUT2D eigenvalue weighted by Gasteiger charge is 2.22. The standard InChI is InChI=1S/C21H22N2O5/c1-15(20(25)22(2)14-16-8-4-3-5-9-16)27-19(24)12-13-23-17-10-6-7-11-18(17)28-21(23)26/h3-11,15H,12-14H2,1-2H3/t15-/m1/s1. The van der Waals surface area contributed by atoms with E-state index in [1.165, 1.54) is 9.47 Å². The summed E-state index contributed by atoms with van der Waals surface area (Å²) in [5.74, 6) is -1.37. The molecule has 0 aliphatic carbocycles. The second-order valence-electron chi connectivity index (χ2n) is 6.55. The maximum Gasteiger partial charge on any atom is 0.419 e. The molecule has 0 aliphatic rings. The number of likely N-dealkylation sites (N-methyl/N-ethyl adjacent to an activating group) is 1. The van der Waals surface area contributed by atoms with Gasteiger partial charge in [0.1, 0.15) is 0 Å². The fourth-order valence-electron chi connectivity index (χ4n) is 2.98. The summed E-state index contributed by atoms with van der Waals surface area (Å²) < 4.78 is 11.8. The van der Waals surface area contributed by atoms with Gasteiger partial charge < -0.3 is 14.1 Å². The van der Waals surface area contributed by atoms with Crippen molar-refractivity contribution >= 4 is 23.0 Å². The van der Waals surface area contributed by atoms with E-state index in [-0.39, 0.29) is 18.9 Å². The number of oxazole rings is 1. The number of esters is 1. The lowest BCUT2D eigenvalue weighted by atomic mass is 10.2. The minimum atomic E-state index is -0.904. The van der Waals surface area contributed by atoms with Crippen molar-refractivity contribution in [3.63, 3.8) is 0 Å². The normalized spacial score (nSPS) is 11.9. The van der Waals surface area contributed by atoms with Gasteiger partial charge in [-0.1, -0.05) is 42.5 Å². The number of ether oxygens (including phenoxy) is 1. The van der Waals surface area contributed by atoms with Crippen LogP contribution in [0.25, 0.3) is 11.1 Å². The predicted molar refractivity (Wildman–Crippen MR) is 104 cm³/mol. The monoisotopic (exact) mass is 382 g/mol. The number of para-hydroxylation sites is 2. The second kappa shape index (κ2) is 8.56. The Bertz CT molecular complexity index is 1020. The van der Waals surface area contributed by atoms with E-state index in [4.69, 9.17) is 9.15 Å².